The second-order valence-corrected chi connectivity index (χ2v) is 10.5. The standard InChI is InChI=1S/C18H21ClO5S4/c1-4-5-6-27-18(26)28-11(3)17(22)24-14-8-12(15(19)20)7-13(9-14)23-16(21)10(2)25/h7-11,25H,4-6H2,1-3H3. The van der Waals surface area contributed by atoms with Gasteiger partial charge < -0.3 is 9.47 Å². The third-order valence-electron chi connectivity index (χ3n) is 3.21. The molecule has 0 aliphatic carbocycles. The Labute approximate surface area is 189 Å². The van der Waals surface area contributed by atoms with Gasteiger partial charge in [0.05, 0.1) is 5.25 Å². The van der Waals surface area contributed by atoms with E-state index in [4.69, 9.17) is 33.3 Å². The lowest BCUT2D eigenvalue weighted by molar-refractivity contribution is -0.133. The first-order chi connectivity index (χ1) is 13.1. The molecule has 5 nitrogen and oxygen atoms in total. The minimum absolute atomic E-state index is 0.0335. The molecule has 0 saturated heterocycles. The van der Waals surface area contributed by atoms with Crippen molar-refractivity contribution in [1.82, 2.24) is 0 Å². The molecular formula is C18H21ClO5S4. The zero-order valence-electron chi connectivity index (χ0n) is 15.6. The van der Waals surface area contributed by atoms with Crippen LogP contribution in [0.4, 0.5) is 0 Å². The molecule has 154 valence electrons. The quantitative estimate of drug-likeness (QED) is 0.130. The van der Waals surface area contributed by atoms with E-state index in [2.05, 4.69) is 19.6 Å². The van der Waals surface area contributed by atoms with Gasteiger partial charge in [-0.1, -0.05) is 37.3 Å². The van der Waals surface area contributed by atoms with Crippen molar-refractivity contribution in [3.8, 4) is 11.5 Å². The van der Waals surface area contributed by atoms with Crippen LogP contribution in [0.3, 0.4) is 0 Å². The number of rotatable bonds is 9. The van der Waals surface area contributed by atoms with E-state index in [1.165, 1.54) is 41.7 Å². The maximum absolute atomic E-state index is 12.4. The highest BCUT2D eigenvalue weighted by Crippen LogP contribution is 2.28. The van der Waals surface area contributed by atoms with Gasteiger partial charge in [-0.15, -0.1) is 11.8 Å². The van der Waals surface area contributed by atoms with E-state index in [1.807, 2.05) is 0 Å². The van der Waals surface area contributed by atoms with Crippen LogP contribution in [0.5, 0.6) is 11.5 Å². The lowest BCUT2D eigenvalue weighted by atomic mass is 10.2. The monoisotopic (exact) mass is 480 g/mol. The van der Waals surface area contributed by atoms with Crippen LogP contribution >= 0.6 is 60.0 Å². The van der Waals surface area contributed by atoms with Gasteiger partial charge in [0.2, 0.25) is 0 Å². The lowest BCUT2D eigenvalue weighted by Crippen LogP contribution is -2.21. The molecule has 0 N–H and O–H groups in total. The van der Waals surface area contributed by atoms with Crippen molar-refractivity contribution in [3.05, 3.63) is 23.8 Å². The summed E-state index contributed by atoms with van der Waals surface area (Å²) in [6, 6.07) is 3.93. The number of carbonyl (C=O) groups is 3. The van der Waals surface area contributed by atoms with Gasteiger partial charge in [0.25, 0.3) is 5.24 Å². The fourth-order valence-electron chi connectivity index (χ4n) is 1.73. The van der Waals surface area contributed by atoms with Crippen LogP contribution in [0.2, 0.25) is 0 Å². The van der Waals surface area contributed by atoms with Gasteiger partial charge in [-0.2, -0.15) is 12.6 Å². The van der Waals surface area contributed by atoms with Crippen LogP contribution in [-0.4, -0.2) is 37.0 Å². The molecule has 10 heteroatoms. The zero-order chi connectivity index (χ0) is 21.3. The lowest BCUT2D eigenvalue weighted by Gasteiger charge is -2.13. The van der Waals surface area contributed by atoms with Crippen LogP contribution in [0.1, 0.15) is 44.0 Å². The zero-order valence-corrected chi connectivity index (χ0v) is 19.7. The van der Waals surface area contributed by atoms with Gasteiger partial charge in [0, 0.05) is 11.6 Å². The number of thioether (sulfide) groups is 2. The number of benzene rings is 1. The molecule has 1 rings (SSSR count). The number of thiol groups is 1. The minimum atomic E-state index is -0.773. The first-order valence-corrected chi connectivity index (χ1v) is 11.6. The Morgan fingerprint density at radius 2 is 1.71 bits per heavy atom. The largest absolute Gasteiger partial charge is 0.426 e. The molecule has 2 atom stereocenters. The molecule has 2 unspecified atom stereocenters. The summed E-state index contributed by atoms with van der Waals surface area (Å²) in [5, 5.41) is -1.98. The van der Waals surface area contributed by atoms with E-state index in [0.29, 0.717) is 3.53 Å². The average Bonchev–Trinajstić information content (AvgIpc) is 2.61. The second-order valence-electron chi connectivity index (χ2n) is 5.70. The molecule has 0 saturated carbocycles. The Balaban J connectivity index is 2.83. The van der Waals surface area contributed by atoms with E-state index in [9.17, 15) is 14.4 Å². The van der Waals surface area contributed by atoms with Crippen molar-refractivity contribution in [1.29, 1.82) is 0 Å². The summed E-state index contributed by atoms with van der Waals surface area (Å²) < 4.78 is 11.1. The highest BCUT2D eigenvalue weighted by molar-refractivity contribution is 8.47. The molecule has 28 heavy (non-hydrogen) atoms. The third-order valence-corrected chi connectivity index (χ3v) is 6.39. The van der Waals surface area contributed by atoms with Crippen LogP contribution < -0.4 is 9.47 Å². The average molecular weight is 481 g/mol. The number of hydrogen-bond donors (Lipinski definition) is 1. The van der Waals surface area contributed by atoms with Crippen molar-refractivity contribution >= 4 is 80.7 Å². The molecule has 0 aliphatic heterocycles. The number of esters is 2. The van der Waals surface area contributed by atoms with E-state index < -0.39 is 27.7 Å². The smallest absolute Gasteiger partial charge is 0.324 e. The van der Waals surface area contributed by atoms with Gasteiger partial charge in [-0.25, -0.2) is 0 Å². The van der Waals surface area contributed by atoms with Crippen molar-refractivity contribution in [2.75, 3.05) is 5.75 Å². The molecule has 0 bridgehead atoms. The van der Waals surface area contributed by atoms with Gasteiger partial charge >= 0.3 is 11.9 Å². The fraction of sp³-hybridized carbons (Fsp3) is 0.444. The fourth-order valence-corrected chi connectivity index (χ4v) is 4.56. The molecule has 1 aromatic rings. The Hall–Kier alpha value is -0.740. The number of halogens is 1. The van der Waals surface area contributed by atoms with Crippen molar-refractivity contribution in [2.45, 2.75) is 44.1 Å². The third kappa shape index (κ3) is 9.17. The first-order valence-electron chi connectivity index (χ1n) is 8.43. The Bertz CT molecular complexity index is 739. The molecule has 0 aromatic heterocycles. The normalized spacial score (nSPS) is 12.8. The summed E-state index contributed by atoms with van der Waals surface area (Å²) in [5.74, 6) is -0.169. The number of carbonyl (C=O) groups excluding carboxylic acids is 3. The predicted octanol–water partition coefficient (Wildman–Crippen LogP) is 5.13. The first kappa shape index (κ1) is 25.3. The van der Waals surface area contributed by atoms with Crippen LogP contribution in [0, 0.1) is 0 Å². The highest BCUT2D eigenvalue weighted by atomic mass is 35.5. The summed E-state index contributed by atoms with van der Waals surface area (Å²) in [7, 11) is 0. The molecule has 1 aromatic carbocycles. The Kier molecular flexibility index (Phi) is 11.5. The van der Waals surface area contributed by atoms with E-state index in [0.717, 1.165) is 18.6 Å². The second kappa shape index (κ2) is 12.7. The summed E-state index contributed by atoms with van der Waals surface area (Å²) in [5.41, 5.74) is 0.0348. The summed E-state index contributed by atoms with van der Waals surface area (Å²) in [6.07, 6.45) is 2.13. The molecule has 0 spiro atoms. The maximum atomic E-state index is 12.4. The van der Waals surface area contributed by atoms with Crippen LogP contribution in [0.15, 0.2) is 18.2 Å². The van der Waals surface area contributed by atoms with Gasteiger partial charge in [0.1, 0.15) is 20.3 Å². The number of hydrogen-bond acceptors (Lipinski definition) is 9. The van der Waals surface area contributed by atoms with E-state index in [1.54, 1.807) is 13.8 Å². The Morgan fingerprint density at radius 3 is 2.21 bits per heavy atom. The molecule has 0 amide bonds. The van der Waals surface area contributed by atoms with Gasteiger partial charge in [-0.05, 0) is 49.8 Å². The van der Waals surface area contributed by atoms with Crippen molar-refractivity contribution in [3.63, 3.8) is 0 Å². The predicted molar refractivity (Wildman–Crippen MR) is 123 cm³/mol. The number of ether oxygens (including phenoxy) is 2. The van der Waals surface area contributed by atoms with Gasteiger partial charge in [0.15, 0.2) is 0 Å². The van der Waals surface area contributed by atoms with Crippen molar-refractivity contribution in [2.24, 2.45) is 0 Å². The van der Waals surface area contributed by atoms with E-state index >= 15 is 0 Å². The van der Waals surface area contributed by atoms with Crippen LogP contribution in [-0.2, 0) is 9.59 Å². The molecule has 0 fully saturated rings. The van der Waals surface area contributed by atoms with E-state index in [-0.39, 0.29) is 17.1 Å². The molecular weight excluding hydrogens is 460 g/mol. The highest BCUT2D eigenvalue weighted by Gasteiger charge is 2.20. The number of thiocarbonyl (C=S) groups is 1. The van der Waals surface area contributed by atoms with Crippen molar-refractivity contribution < 1.29 is 23.9 Å². The summed E-state index contributed by atoms with van der Waals surface area (Å²) in [4.78, 5) is 35.6. The molecule has 0 heterocycles. The van der Waals surface area contributed by atoms with Crippen LogP contribution in [0.25, 0.3) is 0 Å². The Morgan fingerprint density at radius 1 is 1.14 bits per heavy atom. The molecule has 0 radical (unpaired) electrons. The van der Waals surface area contributed by atoms with Gasteiger partial charge in [-0.3, -0.25) is 14.4 Å². The maximum Gasteiger partial charge on any atom is 0.324 e. The summed E-state index contributed by atoms with van der Waals surface area (Å²) >= 11 is 17.5. The molecule has 0 aliphatic rings. The minimum Gasteiger partial charge on any atom is -0.426 e. The number of unbranched alkanes of at least 4 members (excludes halogenated alkanes) is 1. The topological polar surface area (TPSA) is 69.7 Å². The summed E-state index contributed by atoms with van der Waals surface area (Å²) in [6.45, 7) is 5.32. The SMILES string of the molecule is CCCCSC(=S)SC(C)C(=O)Oc1cc(OC(=O)C(C)S)cc(C(=O)Cl)c1.